The first-order valence-corrected chi connectivity index (χ1v) is 4.82. The third-order valence-electron chi connectivity index (χ3n) is 1.86. The molecule has 0 radical (unpaired) electrons. The summed E-state index contributed by atoms with van der Waals surface area (Å²) in [4.78, 5) is 7.76. The minimum absolute atomic E-state index is 0.242. The van der Waals surface area contributed by atoms with Crippen LogP contribution >= 0.6 is 11.6 Å². The largest absolute Gasteiger partial charge is 0.382 e. The number of anilines is 3. The molecule has 0 aliphatic rings. The maximum Gasteiger partial charge on any atom is 0.149 e. The topological polar surface area (TPSA) is 63.8 Å². The molecule has 0 amide bonds. The Bertz CT molecular complexity index is 501. The van der Waals surface area contributed by atoms with E-state index in [-0.39, 0.29) is 5.69 Å². The molecule has 1 aromatic heterocycles. The highest BCUT2D eigenvalue weighted by Crippen LogP contribution is 2.22. The van der Waals surface area contributed by atoms with Gasteiger partial charge in [-0.2, -0.15) is 0 Å². The lowest BCUT2D eigenvalue weighted by atomic mass is 10.3. The summed E-state index contributed by atoms with van der Waals surface area (Å²) < 4.78 is 13.3. The summed E-state index contributed by atoms with van der Waals surface area (Å²) in [6, 6.07) is 4.21. The van der Waals surface area contributed by atoms with Gasteiger partial charge in [0, 0.05) is 5.02 Å². The van der Waals surface area contributed by atoms with Crippen molar-refractivity contribution >= 4 is 28.9 Å². The lowest BCUT2D eigenvalue weighted by Crippen LogP contribution is -1.98. The van der Waals surface area contributed by atoms with Crippen LogP contribution in [0.5, 0.6) is 0 Å². The van der Waals surface area contributed by atoms with Crippen LogP contribution in [-0.4, -0.2) is 9.97 Å². The van der Waals surface area contributed by atoms with Crippen LogP contribution < -0.4 is 11.1 Å². The van der Waals surface area contributed by atoms with Gasteiger partial charge in [-0.15, -0.1) is 0 Å². The fraction of sp³-hybridized carbons (Fsp3) is 0. The number of nitrogens with zero attached hydrogens (tertiary/aromatic N) is 2. The number of halogens is 2. The van der Waals surface area contributed by atoms with Crippen molar-refractivity contribution in [2.24, 2.45) is 0 Å². The van der Waals surface area contributed by atoms with E-state index in [1.54, 1.807) is 0 Å². The molecule has 0 bridgehead atoms. The van der Waals surface area contributed by atoms with Gasteiger partial charge in [-0.25, -0.2) is 14.4 Å². The molecule has 3 N–H and O–H groups in total. The number of aromatic nitrogens is 2. The Balaban J connectivity index is 2.26. The lowest BCUT2D eigenvalue weighted by Gasteiger charge is -2.06. The molecule has 1 heterocycles. The van der Waals surface area contributed by atoms with Gasteiger partial charge in [-0.05, 0) is 18.2 Å². The van der Waals surface area contributed by atoms with E-state index >= 15 is 0 Å². The third-order valence-corrected chi connectivity index (χ3v) is 2.10. The van der Waals surface area contributed by atoms with Gasteiger partial charge in [0.05, 0.1) is 18.1 Å². The predicted octanol–water partition coefficient (Wildman–Crippen LogP) is 2.59. The standard InChI is InChI=1S/C10H8ClFN4/c11-6-1-2-7(12)8(3-6)16-10-5-14-9(13)4-15-10/h1-5H,(H2,13,14)(H,15,16). The normalized spacial score (nSPS) is 10.1. The molecule has 0 aliphatic heterocycles. The number of rotatable bonds is 2. The van der Waals surface area contributed by atoms with E-state index in [0.29, 0.717) is 16.7 Å². The molecule has 0 spiro atoms. The van der Waals surface area contributed by atoms with Crippen LogP contribution in [-0.2, 0) is 0 Å². The summed E-state index contributed by atoms with van der Waals surface area (Å²) in [5.41, 5.74) is 5.62. The van der Waals surface area contributed by atoms with Crippen molar-refractivity contribution in [1.29, 1.82) is 0 Å². The zero-order valence-electron chi connectivity index (χ0n) is 8.11. The molecule has 0 unspecified atom stereocenters. The Labute approximate surface area is 96.3 Å². The monoisotopic (exact) mass is 238 g/mol. The van der Waals surface area contributed by atoms with Crippen LogP contribution in [0.25, 0.3) is 0 Å². The first-order chi connectivity index (χ1) is 7.65. The van der Waals surface area contributed by atoms with Crippen molar-refractivity contribution in [3.05, 3.63) is 41.4 Å². The minimum atomic E-state index is -0.414. The number of hydrogen-bond donors (Lipinski definition) is 2. The van der Waals surface area contributed by atoms with Gasteiger partial charge in [0.25, 0.3) is 0 Å². The van der Waals surface area contributed by atoms with Crippen LogP contribution in [0.4, 0.5) is 21.7 Å². The van der Waals surface area contributed by atoms with E-state index < -0.39 is 5.82 Å². The summed E-state index contributed by atoms with van der Waals surface area (Å²) in [5, 5.41) is 3.19. The van der Waals surface area contributed by atoms with Gasteiger partial charge in [-0.3, -0.25) is 0 Å². The number of nitrogens with two attached hydrogens (primary N) is 1. The molecule has 0 fully saturated rings. The average molecular weight is 239 g/mol. The summed E-state index contributed by atoms with van der Waals surface area (Å²) >= 11 is 5.75. The van der Waals surface area contributed by atoms with Crippen LogP contribution in [0.1, 0.15) is 0 Å². The molecule has 0 saturated heterocycles. The molecule has 0 aliphatic carbocycles. The average Bonchev–Trinajstić information content (AvgIpc) is 2.27. The zero-order chi connectivity index (χ0) is 11.5. The zero-order valence-corrected chi connectivity index (χ0v) is 8.87. The minimum Gasteiger partial charge on any atom is -0.382 e. The van der Waals surface area contributed by atoms with Crippen LogP contribution in [0.2, 0.25) is 5.02 Å². The Morgan fingerprint density at radius 1 is 1.25 bits per heavy atom. The molecule has 0 atom stereocenters. The lowest BCUT2D eigenvalue weighted by molar-refractivity contribution is 0.632. The second-order valence-electron chi connectivity index (χ2n) is 3.08. The number of hydrogen-bond acceptors (Lipinski definition) is 4. The molecule has 0 saturated carbocycles. The van der Waals surface area contributed by atoms with E-state index in [2.05, 4.69) is 15.3 Å². The van der Waals surface area contributed by atoms with E-state index in [1.807, 2.05) is 0 Å². The van der Waals surface area contributed by atoms with Gasteiger partial charge < -0.3 is 11.1 Å². The fourth-order valence-corrected chi connectivity index (χ4v) is 1.31. The molecule has 1 aromatic carbocycles. The highest BCUT2D eigenvalue weighted by Gasteiger charge is 2.04. The van der Waals surface area contributed by atoms with Crippen molar-refractivity contribution < 1.29 is 4.39 Å². The summed E-state index contributed by atoms with van der Waals surface area (Å²) in [7, 11) is 0. The highest BCUT2D eigenvalue weighted by atomic mass is 35.5. The van der Waals surface area contributed by atoms with Crippen molar-refractivity contribution in [2.45, 2.75) is 0 Å². The molecular weight excluding hydrogens is 231 g/mol. The highest BCUT2D eigenvalue weighted by molar-refractivity contribution is 6.30. The Morgan fingerprint density at radius 2 is 2.06 bits per heavy atom. The molecule has 16 heavy (non-hydrogen) atoms. The van der Waals surface area contributed by atoms with Crippen LogP contribution in [0.15, 0.2) is 30.6 Å². The molecule has 6 heteroatoms. The van der Waals surface area contributed by atoms with E-state index in [9.17, 15) is 4.39 Å². The fourth-order valence-electron chi connectivity index (χ4n) is 1.13. The summed E-state index contributed by atoms with van der Waals surface area (Å²) in [5.74, 6) is 0.288. The van der Waals surface area contributed by atoms with Gasteiger partial charge in [0.1, 0.15) is 17.5 Å². The number of benzene rings is 1. The Morgan fingerprint density at radius 3 is 2.75 bits per heavy atom. The smallest absolute Gasteiger partial charge is 0.149 e. The third kappa shape index (κ3) is 2.38. The quantitative estimate of drug-likeness (QED) is 0.844. The van der Waals surface area contributed by atoms with Crippen molar-refractivity contribution in [3.8, 4) is 0 Å². The molecule has 82 valence electrons. The number of nitrogens with one attached hydrogen (secondary N) is 1. The van der Waals surface area contributed by atoms with Gasteiger partial charge in [0.2, 0.25) is 0 Å². The predicted molar refractivity (Wildman–Crippen MR) is 61.1 cm³/mol. The van der Waals surface area contributed by atoms with E-state index in [0.717, 1.165) is 0 Å². The maximum absolute atomic E-state index is 13.3. The van der Waals surface area contributed by atoms with Crippen LogP contribution in [0, 0.1) is 5.82 Å². The Kier molecular flexibility index (Phi) is 2.87. The maximum atomic E-state index is 13.3. The van der Waals surface area contributed by atoms with Crippen molar-refractivity contribution in [1.82, 2.24) is 9.97 Å². The SMILES string of the molecule is Nc1cnc(Nc2cc(Cl)ccc2F)cn1. The summed E-state index contributed by atoms with van der Waals surface area (Å²) in [6.07, 6.45) is 2.79. The molecule has 4 nitrogen and oxygen atoms in total. The molecule has 2 rings (SSSR count). The second kappa shape index (κ2) is 4.32. The number of nitrogen functional groups attached to an aromatic ring is 1. The van der Waals surface area contributed by atoms with Gasteiger partial charge in [0.15, 0.2) is 0 Å². The Hall–Kier alpha value is -1.88. The second-order valence-corrected chi connectivity index (χ2v) is 3.51. The van der Waals surface area contributed by atoms with Crippen LogP contribution in [0.3, 0.4) is 0 Å². The first-order valence-electron chi connectivity index (χ1n) is 4.45. The summed E-state index contributed by atoms with van der Waals surface area (Å²) in [6.45, 7) is 0. The van der Waals surface area contributed by atoms with Gasteiger partial charge >= 0.3 is 0 Å². The van der Waals surface area contributed by atoms with E-state index in [4.69, 9.17) is 17.3 Å². The molecule has 2 aromatic rings. The van der Waals surface area contributed by atoms with E-state index in [1.165, 1.54) is 30.6 Å². The molecular formula is C10H8ClFN4. The van der Waals surface area contributed by atoms with Gasteiger partial charge in [-0.1, -0.05) is 11.6 Å². The van der Waals surface area contributed by atoms with Crippen molar-refractivity contribution in [2.75, 3.05) is 11.1 Å². The first kappa shape index (κ1) is 10.6. The van der Waals surface area contributed by atoms with Crippen molar-refractivity contribution in [3.63, 3.8) is 0 Å².